The molecule has 5 amide bonds. The van der Waals surface area contributed by atoms with E-state index < -0.39 is 41.8 Å². The van der Waals surface area contributed by atoms with Crippen molar-refractivity contribution in [3.8, 4) is 0 Å². The summed E-state index contributed by atoms with van der Waals surface area (Å²) in [6, 6.07) is 6.52. The van der Waals surface area contributed by atoms with Crippen molar-refractivity contribution in [3.05, 3.63) is 70.8 Å². The molecule has 7 aliphatic rings. The summed E-state index contributed by atoms with van der Waals surface area (Å²) in [6.45, 7) is 4.53. The average molecular weight is 893 g/mol. The Labute approximate surface area is 374 Å². The van der Waals surface area contributed by atoms with E-state index in [2.05, 4.69) is 25.3 Å². The van der Waals surface area contributed by atoms with Crippen molar-refractivity contribution in [1.82, 2.24) is 39.1 Å². The molecule has 0 radical (unpaired) electrons. The van der Waals surface area contributed by atoms with Crippen molar-refractivity contribution < 1.29 is 37.5 Å². The first-order chi connectivity index (χ1) is 31.4. The third-order valence-corrected chi connectivity index (χ3v) is 15.9. The van der Waals surface area contributed by atoms with Crippen LogP contribution in [0.2, 0.25) is 0 Å². The lowest BCUT2D eigenvalue weighted by atomic mass is 9.56. The second-order valence-electron chi connectivity index (χ2n) is 19.7. The van der Waals surface area contributed by atoms with Crippen LogP contribution >= 0.6 is 0 Å². The number of likely N-dealkylation sites (N-methyl/N-ethyl adjacent to an activating group) is 1. The molecule has 8 heterocycles. The van der Waals surface area contributed by atoms with Crippen LogP contribution in [0, 0.1) is 17.3 Å². The molecule has 342 valence electrons. The van der Waals surface area contributed by atoms with Crippen LogP contribution in [0.25, 0.3) is 5.65 Å². The summed E-state index contributed by atoms with van der Waals surface area (Å²) in [7, 11) is 1.40. The first-order valence-corrected chi connectivity index (χ1v) is 23.4. The van der Waals surface area contributed by atoms with Crippen LogP contribution in [0.5, 0.6) is 0 Å². The lowest BCUT2D eigenvalue weighted by Gasteiger charge is -2.53. The van der Waals surface area contributed by atoms with Gasteiger partial charge in [-0.15, -0.1) is 0 Å². The number of likely N-dealkylation sites (tertiary alicyclic amines) is 2. The Kier molecular flexibility index (Phi) is 10.6. The van der Waals surface area contributed by atoms with E-state index in [0.717, 1.165) is 112 Å². The summed E-state index contributed by atoms with van der Waals surface area (Å²) in [6.07, 6.45) is 13.1. The predicted octanol–water partition coefficient (Wildman–Crippen LogP) is 5.69. The van der Waals surface area contributed by atoms with Gasteiger partial charge in [-0.3, -0.25) is 38.5 Å². The van der Waals surface area contributed by atoms with Gasteiger partial charge >= 0.3 is 0 Å². The zero-order valence-electron chi connectivity index (χ0n) is 36.5. The summed E-state index contributed by atoms with van der Waals surface area (Å²) in [4.78, 5) is 77.2. The number of rotatable bonds is 11. The number of benzene rings is 1. The van der Waals surface area contributed by atoms with E-state index in [-0.39, 0.29) is 48.2 Å². The molecular formula is C47H54F2N10O6. The standard InChI is InChI=1S/C47H54F2N10O6/c1-54-38(60)12-11-36(45(54)63)59-44(62)33-4-2-3-29(39(33)46(59)64)8-5-28-20-47(21-28)14-17-55(18-15-47)23-27-6-9-30(10-7-27)58-25-35(40(53-58)41(48)49)51-43(61)34-22-50-57-16-13-37(52-42(34)57)56-24-32-19-31(56)26-65-32/h2-4,13,16,22,25,27-28,30-32,36,41H,5-12,14-15,17-21,23-24,26H2,1H3,(H,51,61)/t27?,30?,31-,32-,36?/m1/s1. The highest BCUT2D eigenvalue weighted by Gasteiger charge is 2.48. The van der Waals surface area contributed by atoms with E-state index in [0.29, 0.717) is 47.1 Å². The number of amides is 5. The molecule has 11 rings (SSSR count). The number of aryl methyl sites for hydroxylation is 1. The topological polar surface area (TPSA) is 168 Å². The predicted molar refractivity (Wildman–Crippen MR) is 232 cm³/mol. The Morgan fingerprint density at radius 2 is 1.78 bits per heavy atom. The Bertz CT molecular complexity index is 2570. The molecule has 4 saturated heterocycles. The van der Waals surface area contributed by atoms with Gasteiger partial charge in [-0.1, -0.05) is 12.1 Å². The molecule has 2 aliphatic carbocycles. The molecule has 16 nitrogen and oxygen atoms in total. The first kappa shape index (κ1) is 42.0. The molecule has 65 heavy (non-hydrogen) atoms. The smallest absolute Gasteiger partial charge is 0.284 e. The minimum atomic E-state index is -2.86. The summed E-state index contributed by atoms with van der Waals surface area (Å²) in [5.74, 6) is -0.460. The third kappa shape index (κ3) is 7.49. The molecule has 2 bridgehead atoms. The fourth-order valence-electron chi connectivity index (χ4n) is 12.2. The molecule has 3 atom stereocenters. The van der Waals surface area contributed by atoms with Crippen molar-refractivity contribution in [3.63, 3.8) is 0 Å². The van der Waals surface area contributed by atoms with E-state index in [1.165, 1.54) is 17.8 Å². The molecule has 5 aliphatic heterocycles. The number of hydrogen-bond acceptors (Lipinski definition) is 11. The number of anilines is 2. The van der Waals surface area contributed by atoms with E-state index in [9.17, 15) is 32.8 Å². The van der Waals surface area contributed by atoms with E-state index in [1.54, 1.807) is 23.1 Å². The molecule has 1 unspecified atom stereocenters. The number of aromatic nitrogens is 5. The van der Waals surface area contributed by atoms with Gasteiger partial charge in [0.2, 0.25) is 5.91 Å². The summed E-state index contributed by atoms with van der Waals surface area (Å²) in [5, 5.41) is 11.3. The second kappa shape index (κ2) is 16.4. The van der Waals surface area contributed by atoms with Gasteiger partial charge in [0.25, 0.3) is 30.1 Å². The molecular weight excluding hydrogens is 839 g/mol. The zero-order valence-corrected chi connectivity index (χ0v) is 36.5. The number of hydrogen-bond donors (Lipinski definition) is 1. The molecule has 3 aromatic heterocycles. The lowest BCUT2D eigenvalue weighted by molar-refractivity contribution is -0.149. The van der Waals surface area contributed by atoms with Gasteiger partial charge in [-0.05, 0) is 125 Å². The van der Waals surface area contributed by atoms with Gasteiger partial charge in [0.05, 0.1) is 47.8 Å². The van der Waals surface area contributed by atoms with Crippen LogP contribution in [0.4, 0.5) is 20.3 Å². The van der Waals surface area contributed by atoms with E-state index in [4.69, 9.17) is 9.72 Å². The van der Waals surface area contributed by atoms with Crippen LogP contribution in [-0.4, -0.2) is 127 Å². The first-order valence-electron chi connectivity index (χ1n) is 23.4. The van der Waals surface area contributed by atoms with Crippen molar-refractivity contribution >= 4 is 46.7 Å². The molecule has 1 spiro atoms. The highest BCUT2D eigenvalue weighted by atomic mass is 19.3. The van der Waals surface area contributed by atoms with Crippen molar-refractivity contribution in [2.45, 2.75) is 114 Å². The summed E-state index contributed by atoms with van der Waals surface area (Å²) in [5.41, 5.74) is 2.07. The third-order valence-electron chi connectivity index (χ3n) is 15.9. The van der Waals surface area contributed by atoms with Crippen LogP contribution in [0.15, 0.2) is 42.9 Å². The van der Waals surface area contributed by atoms with Gasteiger partial charge < -0.3 is 19.9 Å². The molecule has 18 heteroatoms. The van der Waals surface area contributed by atoms with Gasteiger partial charge in [0.15, 0.2) is 11.3 Å². The van der Waals surface area contributed by atoms with Crippen molar-refractivity contribution in [2.75, 3.05) is 50.1 Å². The van der Waals surface area contributed by atoms with Crippen molar-refractivity contribution in [1.29, 1.82) is 0 Å². The van der Waals surface area contributed by atoms with Gasteiger partial charge in [-0.25, -0.2) is 18.3 Å². The second-order valence-corrected chi connectivity index (χ2v) is 19.7. The number of morpholine rings is 1. The van der Waals surface area contributed by atoms with Crippen LogP contribution in [0.1, 0.15) is 132 Å². The van der Waals surface area contributed by atoms with Crippen LogP contribution in [-0.2, 0) is 20.7 Å². The highest BCUT2D eigenvalue weighted by molar-refractivity contribution is 6.24. The summed E-state index contributed by atoms with van der Waals surface area (Å²) >= 11 is 0. The molecule has 1 N–H and O–H groups in total. The number of fused-ring (bicyclic) bond motifs is 4. The van der Waals surface area contributed by atoms with Gasteiger partial charge in [0.1, 0.15) is 17.4 Å². The molecule has 1 aromatic carbocycles. The highest BCUT2D eigenvalue weighted by Crippen LogP contribution is 2.54. The van der Waals surface area contributed by atoms with E-state index in [1.807, 2.05) is 18.2 Å². The fourth-order valence-corrected chi connectivity index (χ4v) is 12.2. The lowest BCUT2D eigenvalue weighted by Crippen LogP contribution is -2.54. The minimum absolute atomic E-state index is 0.000963. The Balaban J connectivity index is 0.645. The number of imide groups is 2. The monoisotopic (exact) mass is 892 g/mol. The SMILES string of the molecule is CN1C(=O)CCC(N2C(=O)c3cccc(CCC4CC5(CCN(CC6CCC(n7cc(NC(=O)c8cnn9ccc(N%10C[C@H]%11C[C@@H]%10CO%11)nc89)c(C(F)F)n7)CC6)CC5)C4)c3C2=O)C1=O. The summed E-state index contributed by atoms with van der Waals surface area (Å²) < 4.78 is 37.5. The Hall–Kier alpha value is -5.62. The maximum Gasteiger partial charge on any atom is 0.284 e. The number of carbonyl (C=O) groups excluding carboxylic acids is 5. The maximum atomic E-state index is 14.3. The largest absolute Gasteiger partial charge is 0.374 e. The number of nitrogens with one attached hydrogen (secondary N) is 1. The molecule has 4 aromatic rings. The van der Waals surface area contributed by atoms with Gasteiger partial charge in [0, 0.05) is 39.0 Å². The minimum Gasteiger partial charge on any atom is -0.374 e. The number of nitrogens with zero attached hydrogens (tertiary/aromatic N) is 9. The van der Waals surface area contributed by atoms with Gasteiger partial charge in [-0.2, -0.15) is 10.2 Å². The zero-order chi connectivity index (χ0) is 44.7. The normalized spacial score (nSPS) is 26.9. The Morgan fingerprint density at radius 3 is 2.52 bits per heavy atom. The Morgan fingerprint density at radius 1 is 0.985 bits per heavy atom. The van der Waals surface area contributed by atoms with Crippen LogP contribution in [0.3, 0.4) is 0 Å². The number of halogens is 2. The fraction of sp³-hybridized carbons (Fsp3) is 0.574. The number of piperidine rings is 2. The average Bonchev–Trinajstić information content (AvgIpc) is 4.15. The van der Waals surface area contributed by atoms with E-state index >= 15 is 0 Å². The van der Waals surface area contributed by atoms with Crippen molar-refractivity contribution in [2.24, 2.45) is 17.3 Å². The molecule has 6 fully saturated rings. The number of ether oxygens (including phenoxy) is 1. The number of carbonyl (C=O) groups is 5. The maximum absolute atomic E-state index is 14.3. The van der Waals surface area contributed by atoms with Crippen LogP contribution < -0.4 is 10.2 Å². The molecule has 2 saturated carbocycles. The quantitative estimate of drug-likeness (QED) is 0.184. The number of alkyl halides is 2.